The molecule has 0 aliphatic carbocycles. The molecule has 10 nitrogen and oxygen atoms in total. The second-order valence-electron chi connectivity index (χ2n) is 10.4. The summed E-state index contributed by atoms with van der Waals surface area (Å²) in [6.45, 7) is 3.18. The van der Waals surface area contributed by atoms with Gasteiger partial charge in [-0.3, -0.25) is 10.1 Å². The highest BCUT2D eigenvalue weighted by molar-refractivity contribution is 7.89. The van der Waals surface area contributed by atoms with Crippen molar-refractivity contribution in [2.45, 2.75) is 42.7 Å². The highest BCUT2D eigenvalue weighted by Crippen LogP contribution is 2.25. The van der Waals surface area contributed by atoms with Crippen LogP contribution >= 0.6 is 0 Å². The maximum absolute atomic E-state index is 13.1. The zero-order valence-corrected chi connectivity index (χ0v) is 24.0. The van der Waals surface area contributed by atoms with E-state index in [0.29, 0.717) is 11.4 Å². The molecule has 1 heterocycles. The molecular weight excluding hydrogens is 542 g/mol. The number of carbonyl (C=O) groups excluding carboxylic acids is 1. The Labute approximate surface area is 241 Å². The number of nitro groups is 1. The van der Waals surface area contributed by atoms with Gasteiger partial charge >= 0.3 is 6.03 Å². The fourth-order valence-corrected chi connectivity index (χ4v) is 6.30. The SMILES string of the molecule is CN(C[C@@H](CCN1CCC(NC(=O)NCc2ccc([N+](=O)[O-])cc2)CC1)c1ccccc1)S(=O)(=O)c1ccccc1. The lowest BCUT2D eigenvalue weighted by molar-refractivity contribution is -0.384. The Hall–Kier alpha value is -3.80. The second kappa shape index (κ2) is 14.2. The first-order valence-corrected chi connectivity index (χ1v) is 15.2. The lowest BCUT2D eigenvalue weighted by Gasteiger charge is -2.33. The molecule has 3 aromatic carbocycles. The third-order valence-electron chi connectivity index (χ3n) is 7.52. The number of nitrogens with one attached hydrogen (secondary N) is 2. The maximum atomic E-state index is 13.1. The van der Waals surface area contributed by atoms with E-state index in [9.17, 15) is 23.3 Å². The van der Waals surface area contributed by atoms with Gasteiger partial charge < -0.3 is 15.5 Å². The van der Waals surface area contributed by atoms with Crippen molar-refractivity contribution in [1.29, 1.82) is 0 Å². The van der Waals surface area contributed by atoms with Gasteiger partial charge in [-0.2, -0.15) is 0 Å². The van der Waals surface area contributed by atoms with Gasteiger partial charge in [0.25, 0.3) is 5.69 Å². The number of likely N-dealkylation sites (tertiary alicyclic amines) is 1. The van der Waals surface area contributed by atoms with Crippen LogP contribution < -0.4 is 10.6 Å². The first kappa shape index (κ1) is 30.2. The van der Waals surface area contributed by atoms with Crippen LogP contribution in [0.4, 0.5) is 10.5 Å². The highest BCUT2D eigenvalue weighted by atomic mass is 32.2. The Kier molecular flexibility index (Phi) is 10.4. The predicted molar refractivity (Wildman–Crippen MR) is 158 cm³/mol. The molecule has 1 aliphatic rings. The quantitative estimate of drug-likeness (QED) is 0.243. The van der Waals surface area contributed by atoms with Crippen molar-refractivity contribution < 1.29 is 18.1 Å². The maximum Gasteiger partial charge on any atom is 0.315 e. The lowest BCUT2D eigenvalue weighted by atomic mass is 9.94. The van der Waals surface area contributed by atoms with Gasteiger partial charge in [0.15, 0.2) is 0 Å². The van der Waals surface area contributed by atoms with Crippen LogP contribution in [0.3, 0.4) is 0 Å². The first-order valence-electron chi connectivity index (χ1n) is 13.8. The predicted octanol–water partition coefficient (Wildman–Crippen LogP) is 4.35. The summed E-state index contributed by atoms with van der Waals surface area (Å²) >= 11 is 0. The Bertz CT molecular complexity index is 1380. The molecule has 218 valence electrons. The third kappa shape index (κ3) is 8.59. The molecule has 3 aromatic rings. The van der Waals surface area contributed by atoms with E-state index in [1.165, 1.54) is 16.4 Å². The summed E-state index contributed by atoms with van der Waals surface area (Å²) in [5.74, 6) is 0.0423. The van der Waals surface area contributed by atoms with Gasteiger partial charge in [0.1, 0.15) is 0 Å². The van der Waals surface area contributed by atoms with Crippen LogP contribution in [0.25, 0.3) is 0 Å². The number of amides is 2. The molecule has 0 bridgehead atoms. The van der Waals surface area contributed by atoms with Crippen molar-refractivity contribution in [2.24, 2.45) is 0 Å². The number of hydrogen-bond acceptors (Lipinski definition) is 6. The van der Waals surface area contributed by atoms with Crippen LogP contribution in [0.15, 0.2) is 89.8 Å². The summed E-state index contributed by atoms with van der Waals surface area (Å²) in [5, 5.41) is 16.6. The van der Waals surface area contributed by atoms with Crippen molar-refractivity contribution in [3.8, 4) is 0 Å². The van der Waals surface area contributed by atoms with Crippen molar-refractivity contribution >= 4 is 21.7 Å². The van der Waals surface area contributed by atoms with Gasteiger partial charge in [0, 0.05) is 51.4 Å². The largest absolute Gasteiger partial charge is 0.335 e. The third-order valence-corrected chi connectivity index (χ3v) is 9.35. The van der Waals surface area contributed by atoms with Crippen LogP contribution in [0, 0.1) is 10.1 Å². The summed E-state index contributed by atoms with van der Waals surface area (Å²) in [5.41, 5.74) is 1.92. The molecule has 2 amide bonds. The molecule has 2 N–H and O–H groups in total. The number of benzene rings is 3. The normalized spacial score (nSPS) is 15.4. The van der Waals surface area contributed by atoms with Crippen LogP contribution in [-0.2, 0) is 16.6 Å². The first-order chi connectivity index (χ1) is 19.7. The Morgan fingerprint density at radius 2 is 1.61 bits per heavy atom. The van der Waals surface area contributed by atoms with E-state index in [0.717, 1.165) is 50.0 Å². The number of sulfonamides is 1. The second-order valence-corrected chi connectivity index (χ2v) is 12.4. The monoisotopic (exact) mass is 579 g/mol. The van der Waals surface area contributed by atoms with E-state index in [1.807, 2.05) is 18.2 Å². The number of hydrogen-bond donors (Lipinski definition) is 2. The molecule has 1 atom stereocenters. The molecule has 0 unspecified atom stereocenters. The molecule has 11 heteroatoms. The van der Waals surface area contributed by atoms with Gasteiger partial charge in [-0.05, 0) is 55.0 Å². The van der Waals surface area contributed by atoms with Crippen LogP contribution in [-0.4, -0.2) is 67.8 Å². The zero-order valence-electron chi connectivity index (χ0n) is 23.2. The van der Waals surface area contributed by atoms with E-state index in [2.05, 4.69) is 27.7 Å². The van der Waals surface area contributed by atoms with Crippen molar-refractivity contribution in [2.75, 3.05) is 33.2 Å². The Morgan fingerprint density at radius 3 is 2.22 bits per heavy atom. The fourth-order valence-electron chi connectivity index (χ4n) is 5.06. The van der Waals surface area contributed by atoms with Gasteiger partial charge in [-0.25, -0.2) is 17.5 Å². The molecule has 0 spiro atoms. The zero-order chi connectivity index (χ0) is 29.2. The van der Waals surface area contributed by atoms with Crippen molar-refractivity contribution in [3.63, 3.8) is 0 Å². The molecule has 1 aliphatic heterocycles. The van der Waals surface area contributed by atoms with Crippen LogP contribution in [0.1, 0.15) is 36.3 Å². The van der Waals surface area contributed by atoms with Crippen LogP contribution in [0.2, 0.25) is 0 Å². The van der Waals surface area contributed by atoms with E-state index >= 15 is 0 Å². The number of nitro benzene ring substituents is 1. The minimum absolute atomic E-state index is 0.0179. The van der Waals surface area contributed by atoms with Crippen molar-refractivity contribution in [3.05, 3.63) is 106 Å². The molecule has 0 saturated carbocycles. The number of non-ortho nitro benzene ring substituents is 1. The van der Waals surface area contributed by atoms with Crippen molar-refractivity contribution in [1.82, 2.24) is 19.8 Å². The topological polar surface area (TPSA) is 125 Å². The fraction of sp³-hybridized carbons (Fsp3) is 0.367. The molecular formula is C30H37N5O5S. The van der Waals surface area contributed by atoms with Gasteiger partial charge in [0.05, 0.1) is 9.82 Å². The Morgan fingerprint density at radius 1 is 1.00 bits per heavy atom. The standard InChI is InChI=1S/C30H37N5O5S/c1-33(41(39,40)29-10-6-3-7-11-29)23-26(25-8-4-2-5-9-25)16-19-34-20-17-27(18-21-34)32-30(36)31-22-24-12-14-28(15-13-24)35(37)38/h2-15,26-27H,16-23H2,1H3,(H2,31,32,36)/t26-/m1/s1. The summed E-state index contributed by atoms with van der Waals surface area (Å²) in [6, 6.07) is 24.5. The number of piperidine rings is 1. The molecule has 4 rings (SSSR count). The lowest BCUT2D eigenvalue weighted by Crippen LogP contribution is -2.48. The number of nitrogens with zero attached hydrogens (tertiary/aromatic N) is 3. The summed E-state index contributed by atoms with van der Waals surface area (Å²) in [4.78, 5) is 25.4. The highest BCUT2D eigenvalue weighted by Gasteiger charge is 2.26. The number of urea groups is 1. The molecule has 0 aromatic heterocycles. The number of rotatable bonds is 12. The summed E-state index contributed by atoms with van der Waals surface area (Å²) < 4.78 is 27.7. The van der Waals surface area contributed by atoms with E-state index < -0.39 is 14.9 Å². The average Bonchev–Trinajstić information content (AvgIpc) is 3.00. The van der Waals surface area contributed by atoms with E-state index in [-0.39, 0.29) is 30.2 Å². The van der Waals surface area contributed by atoms with Gasteiger partial charge in [-0.1, -0.05) is 60.7 Å². The smallest absolute Gasteiger partial charge is 0.315 e. The number of likely N-dealkylation sites (N-methyl/N-ethyl adjacent to an activating group) is 1. The minimum atomic E-state index is -3.59. The van der Waals surface area contributed by atoms with E-state index in [4.69, 9.17) is 0 Å². The molecule has 1 saturated heterocycles. The molecule has 1 fully saturated rings. The summed E-state index contributed by atoms with van der Waals surface area (Å²) in [6.07, 6.45) is 2.46. The Balaban J connectivity index is 1.25. The van der Waals surface area contributed by atoms with Crippen LogP contribution in [0.5, 0.6) is 0 Å². The molecule has 0 radical (unpaired) electrons. The average molecular weight is 580 g/mol. The van der Waals surface area contributed by atoms with E-state index in [1.54, 1.807) is 49.5 Å². The summed E-state index contributed by atoms with van der Waals surface area (Å²) in [7, 11) is -1.94. The number of carbonyl (C=O) groups is 1. The minimum Gasteiger partial charge on any atom is -0.335 e. The van der Waals surface area contributed by atoms with Gasteiger partial charge in [0.2, 0.25) is 10.0 Å². The molecule has 41 heavy (non-hydrogen) atoms. The van der Waals surface area contributed by atoms with Gasteiger partial charge in [-0.15, -0.1) is 0 Å².